The lowest BCUT2D eigenvalue weighted by atomic mass is 9.77. The highest BCUT2D eigenvalue weighted by molar-refractivity contribution is 6.34. The Morgan fingerprint density at radius 1 is 0.889 bits per heavy atom. The fourth-order valence-electron chi connectivity index (χ4n) is 12.1. The summed E-state index contributed by atoms with van der Waals surface area (Å²) in [6, 6.07) is 13.4. The Kier molecular flexibility index (Phi) is 13.5. The molecule has 2 unspecified atom stereocenters. The number of nitrogens with zero attached hydrogens (tertiary/aromatic N) is 5. The number of carbonyl (C=O) groups excluding carboxylic acids is 4. The van der Waals surface area contributed by atoms with Crippen molar-refractivity contribution in [1.82, 2.24) is 30.2 Å². The second-order valence-corrected chi connectivity index (χ2v) is 20.6. The zero-order valence-electron chi connectivity index (χ0n) is 40.1. The Morgan fingerprint density at radius 2 is 1.60 bits per heavy atom. The van der Waals surface area contributed by atoms with Crippen molar-refractivity contribution >= 4 is 52.1 Å². The fourth-order valence-corrected chi connectivity index (χ4v) is 12.4. The van der Waals surface area contributed by atoms with Crippen LogP contribution in [0.15, 0.2) is 54.6 Å². The second-order valence-electron chi connectivity index (χ2n) is 20.2. The molecule has 0 bridgehead atoms. The maximum atomic E-state index is 16.2. The summed E-state index contributed by atoms with van der Waals surface area (Å²) in [7, 11) is 1.56. The van der Waals surface area contributed by atoms with E-state index < -0.39 is 69.0 Å². The normalized spacial score (nSPS) is 23.3. The smallest absolute Gasteiger partial charge is 0.329 e. The van der Waals surface area contributed by atoms with Gasteiger partial charge in [0.2, 0.25) is 17.7 Å². The summed E-state index contributed by atoms with van der Waals surface area (Å²) in [5.74, 6) is -5.75. The molecule has 14 nitrogen and oxygen atoms in total. The van der Waals surface area contributed by atoms with E-state index in [9.17, 15) is 24.3 Å². The number of urea groups is 1. The number of fused-ring (bicyclic) bond motifs is 2. The van der Waals surface area contributed by atoms with Gasteiger partial charge in [-0.05, 0) is 100 Å². The van der Waals surface area contributed by atoms with E-state index in [2.05, 4.69) is 20.6 Å². The SMILES string of the molecule is CC1c2c(cc(F)c(Cl)c2-c2c(C(N)=O)ccc(O)c2F)OC1(CNC1CCC(C(=O)N2CCC(CN3CCC(c4c(F)cc5c(N6CCC(=O)NC6=O)nn(C)c5c4F)CC3)CC2)CC1)c1ccccc1. The molecule has 10 rings (SSSR count). The first-order chi connectivity index (χ1) is 34.5. The van der Waals surface area contributed by atoms with Crippen molar-refractivity contribution in [3.63, 3.8) is 0 Å². The zero-order chi connectivity index (χ0) is 50.7. The Hall–Kier alpha value is -6.24. The number of piperidine rings is 2. The number of halogens is 5. The van der Waals surface area contributed by atoms with Gasteiger partial charge in [-0.25, -0.2) is 22.4 Å². The average Bonchev–Trinajstić information content (AvgIpc) is 3.85. The molecule has 5 aliphatic rings. The molecular weight excluding hydrogens is 956 g/mol. The minimum absolute atomic E-state index is 0.0379. The van der Waals surface area contributed by atoms with E-state index in [1.807, 2.05) is 42.2 Å². The Morgan fingerprint density at radius 3 is 2.28 bits per heavy atom. The quantitative estimate of drug-likeness (QED) is 0.0948. The predicted molar refractivity (Wildman–Crippen MR) is 262 cm³/mol. The first-order valence-electron chi connectivity index (χ1n) is 24.8. The molecule has 72 heavy (non-hydrogen) atoms. The highest BCUT2D eigenvalue weighted by Gasteiger charge is 2.50. The number of likely N-dealkylation sites (tertiary alicyclic amines) is 2. The van der Waals surface area contributed by atoms with Gasteiger partial charge in [-0.1, -0.05) is 48.9 Å². The van der Waals surface area contributed by atoms with Gasteiger partial charge in [0.25, 0.3) is 0 Å². The first-order valence-corrected chi connectivity index (χ1v) is 25.2. The maximum Gasteiger partial charge on any atom is 0.329 e. The van der Waals surface area contributed by atoms with Gasteiger partial charge in [0.15, 0.2) is 28.8 Å². The molecule has 2 atom stereocenters. The van der Waals surface area contributed by atoms with Crippen molar-refractivity contribution < 1.29 is 46.6 Å². The van der Waals surface area contributed by atoms with Crippen LogP contribution in [0, 0.1) is 35.1 Å². The Bertz CT molecular complexity index is 2970. The number of rotatable bonds is 11. The topological polar surface area (TPSA) is 175 Å². The van der Waals surface area contributed by atoms with Gasteiger partial charge in [-0.2, -0.15) is 5.10 Å². The van der Waals surface area contributed by atoms with E-state index in [0.717, 1.165) is 49.9 Å². The number of hydrogen-bond acceptors (Lipinski definition) is 9. The van der Waals surface area contributed by atoms with Crippen molar-refractivity contribution in [2.45, 2.75) is 88.2 Å². The summed E-state index contributed by atoms with van der Waals surface area (Å²) < 4.78 is 71.6. The minimum Gasteiger partial charge on any atom is -0.505 e. The summed E-state index contributed by atoms with van der Waals surface area (Å²) >= 11 is 6.61. The third-order valence-corrected chi connectivity index (χ3v) is 16.4. The number of hydrogen-bond donors (Lipinski definition) is 4. The van der Waals surface area contributed by atoms with E-state index in [4.69, 9.17) is 22.1 Å². The van der Waals surface area contributed by atoms with Crippen LogP contribution in [-0.4, -0.2) is 100 Å². The van der Waals surface area contributed by atoms with E-state index in [1.165, 1.54) is 21.7 Å². The molecule has 0 radical (unpaired) electrons. The maximum absolute atomic E-state index is 16.2. The lowest BCUT2D eigenvalue weighted by Gasteiger charge is -2.40. The lowest BCUT2D eigenvalue weighted by molar-refractivity contribution is -0.138. The molecule has 3 saturated heterocycles. The number of aromatic hydroxyl groups is 1. The van der Waals surface area contributed by atoms with Crippen LogP contribution < -0.4 is 26.0 Å². The molecular formula is C53H57ClF4N8O6. The van der Waals surface area contributed by atoms with Crippen molar-refractivity contribution in [3.8, 4) is 22.6 Å². The second kappa shape index (κ2) is 19.6. The summed E-state index contributed by atoms with van der Waals surface area (Å²) in [4.78, 5) is 56.3. The van der Waals surface area contributed by atoms with Crippen molar-refractivity contribution in [2.24, 2.45) is 24.6 Å². The third-order valence-electron chi connectivity index (χ3n) is 16.1. The monoisotopic (exact) mass is 1010 g/mol. The molecule has 5 amide bonds. The molecule has 5 heterocycles. The van der Waals surface area contributed by atoms with E-state index >= 15 is 17.6 Å². The van der Waals surface area contributed by atoms with E-state index in [1.54, 1.807) is 7.05 Å². The van der Waals surface area contributed by atoms with Crippen LogP contribution in [-0.2, 0) is 22.2 Å². The van der Waals surface area contributed by atoms with Gasteiger partial charge in [0.05, 0.1) is 16.0 Å². The molecule has 380 valence electrons. The van der Waals surface area contributed by atoms with Gasteiger partial charge in [-0.15, -0.1) is 0 Å². The standard InChI is InChI=1S/C53H57ClF4N8O6/c1-28-41-39(25-37(56)45(54)44(41)43-34(49(59)69)12-13-38(67)46(43)57)72-53(28,32-6-4-3-5-7-32)27-60-33-10-8-31(9-11-33)51(70)65-21-14-29(15-22-65)26-64-19-16-30(17-20-64)42-36(55)24-35-48(47(42)58)63(2)62-50(35)66-23-18-40(68)61-52(66)71/h3-7,12-13,24-25,28-31,33,60,67H,8-11,14-23,26-27H2,1-2H3,(H2,59,69)(H,61,68,71). The fraction of sp³-hybridized carbons (Fsp3) is 0.453. The summed E-state index contributed by atoms with van der Waals surface area (Å²) in [6.07, 6.45) is 5.84. The first kappa shape index (κ1) is 49.3. The third kappa shape index (κ3) is 8.82. The van der Waals surface area contributed by atoms with Gasteiger partial charge < -0.3 is 30.7 Å². The summed E-state index contributed by atoms with van der Waals surface area (Å²) in [5.41, 5.74) is 5.05. The molecule has 19 heteroatoms. The molecule has 1 aliphatic carbocycles. The van der Waals surface area contributed by atoms with E-state index in [-0.39, 0.29) is 82.5 Å². The van der Waals surface area contributed by atoms with Gasteiger partial charge >= 0.3 is 6.03 Å². The Balaban J connectivity index is 0.731. The minimum atomic E-state index is -1.16. The van der Waals surface area contributed by atoms with Crippen LogP contribution in [0.3, 0.4) is 0 Å². The molecule has 5 N–H and O–H groups in total. The summed E-state index contributed by atoms with van der Waals surface area (Å²) in [5, 5.41) is 20.4. The lowest BCUT2D eigenvalue weighted by Crippen LogP contribution is -2.49. The molecule has 4 aliphatic heterocycles. The van der Waals surface area contributed by atoms with Crippen LogP contribution >= 0.6 is 11.6 Å². The number of aromatic nitrogens is 2. The molecule has 0 spiro atoms. The number of anilines is 1. The number of nitrogens with one attached hydrogen (secondary N) is 2. The number of amides is 5. The highest BCUT2D eigenvalue weighted by Crippen LogP contribution is 2.56. The predicted octanol–water partition coefficient (Wildman–Crippen LogP) is 8.36. The number of imide groups is 1. The van der Waals surface area contributed by atoms with Crippen LogP contribution in [0.5, 0.6) is 11.5 Å². The number of phenolic OH excluding ortho intramolecular Hbond substituents is 1. The number of nitrogens with two attached hydrogens (primary N) is 1. The highest BCUT2D eigenvalue weighted by atomic mass is 35.5. The Labute approximate surface area is 418 Å². The number of phenols is 1. The number of primary amides is 1. The largest absolute Gasteiger partial charge is 0.505 e. The summed E-state index contributed by atoms with van der Waals surface area (Å²) in [6.45, 7) is 5.78. The van der Waals surface area contributed by atoms with Crippen LogP contribution in [0.4, 0.5) is 28.2 Å². The molecule has 5 aromatic rings. The average molecular weight is 1010 g/mol. The number of carbonyl (C=O) groups is 4. The van der Waals surface area contributed by atoms with Crippen LogP contribution in [0.25, 0.3) is 22.0 Å². The molecule has 1 aromatic heterocycles. The molecule has 4 aromatic carbocycles. The molecule has 1 saturated carbocycles. The van der Waals surface area contributed by atoms with E-state index in [0.29, 0.717) is 63.3 Å². The van der Waals surface area contributed by atoms with Gasteiger partial charge in [0, 0.05) is 92.4 Å². The zero-order valence-corrected chi connectivity index (χ0v) is 40.8. The van der Waals surface area contributed by atoms with Crippen molar-refractivity contribution in [2.75, 3.05) is 50.7 Å². The molecule has 4 fully saturated rings. The van der Waals surface area contributed by atoms with Crippen LogP contribution in [0.1, 0.15) is 104 Å². The van der Waals surface area contributed by atoms with Crippen LogP contribution in [0.2, 0.25) is 5.02 Å². The number of aryl methyl sites for hydroxylation is 1. The van der Waals surface area contributed by atoms with Crippen molar-refractivity contribution in [1.29, 1.82) is 0 Å². The number of benzene rings is 4. The van der Waals surface area contributed by atoms with Gasteiger partial charge in [0.1, 0.15) is 22.9 Å². The van der Waals surface area contributed by atoms with Crippen molar-refractivity contribution in [3.05, 3.63) is 105 Å². The number of ether oxygens (including phenoxy) is 1. The van der Waals surface area contributed by atoms with Gasteiger partial charge in [-0.3, -0.25) is 29.3 Å².